The maximum absolute atomic E-state index is 8.37. The Morgan fingerprint density at radius 1 is 1.40 bits per heavy atom. The molecule has 0 aromatic heterocycles. The third-order valence-corrected chi connectivity index (χ3v) is 1.14. The zero-order valence-corrected chi connectivity index (χ0v) is 5.45. The summed E-state index contributed by atoms with van der Waals surface area (Å²) in [5.41, 5.74) is 6.01. The van der Waals surface area contributed by atoms with Gasteiger partial charge in [-0.15, -0.1) is 0 Å². The molecule has 0 aliphatic carbocycles. The molecule has 0 radical (unpaired) electrons. The van der Waals surface area contributed by atoms with Crippen LogP contribution in [0.2, 0.25) is 0 Å². The molecule has 0 fully saturated rings. The van der Waals surface area contributed by atoms with Crippen LogP contribution in [0.4, 0.5) is 5.69 Å². The molecule has 0 saturated carbocycles. The molecule has 0 saturated heterocycles. The van der Waals surface area contributed by atoms with Crippen LogP contribution in [0.3, 0.4) is 0 Å². The molecule has 4 heteroatoms. The summed E-state index contributed by atoms with van der Waals surface area (Å²) in [7, 11) is -0.339. The van der Waals surface area contributed by atoms with Crippen LogP contribution >= 0.6 is 0 Å². The second-order valence-electron chi connectivity index (χ2n) is 1.81. The van der Waals surface area contributed by atoms with Gasteiger partial charge in [-0.1, -0.05) is 12.1 Å². The van der Waals surface area contributed by atoms with E-state index in [0.717, 1.165) is 0 Å². The van der Waals surface area contributed by atoms with Gasteiger partial charge in [-0.3, -0.25) is 0 Å². The molecule has 3 N–H and O–H groups in total. The Morgan fingerprint density at radius 2 is 2.10 bits per heavy atom. The molecule has 1 rings (SSSR count). The molecule has 0 unspecified atom stereocenters. The van der Waals surface area contributed by atoms with Crippen LogP contribution in [0, 0.1) is 0 Å². The fourth-order valence-electron chi connectivity index (χ4n) is 0.682. The summed E-state index contributed by atoms with van der Waals surface area (Å²) in [5, 5.41) is 8.37. The SMILES string of the molecule is Nc1ccccc1OBO. The van der Waals surface area contributed by atoms with Crippen LogP contribution in [0.15, 0.2) is 24.3 Å². The number of anilines is 1. The van der Waals surface area contributed by atoms with E-state index in [2.05, 4.69) is 0 Å². The molecule has 0 aliphatic rings. The molecule has 0 aliphatic heterocycles. The van der Waals surface area contributed by atoms with Crippen molar-refractivity contribution in [1.29, 1.82) is 0 Å². The molecular weight excluding hydrogens is 129 g/mol. The van der Waals surface area contributed by atoms with Crippen molar-refractivity contribution in [3.8, 4) is 5.75 Å². The highest BCUT2D eigenvalue weighted by molar-refractivity contribution is 6.17. The Kier molecular flexibility index (Phi) is 2.17. The van der Waals surface area contributed by atoms with E-state index >= 15 is 0 Å². The number of hydrogen-bond donors (Lipinski definition) is 2. The zero-order chi connectivity index (χ0) is 7.40. The summed E-state index contributed by atoms with van der Waals surface area (Å²) in [5.74, 6) is 0.519. The molecule has 52 valence electrons. The summed E-state index contributed by atoms with van der Waals surface area (Å²) >= 11 is 0. The Labute approximate surface area is 59.7 Å². The first-order valence-corrected chi connectivity index (χ1v) is 2.93. The molecular formula is C6H8BNO2. The standard InChI is InChI=1S/C6H8BNO2/c8-5-3-1-2-4-6(5)10-7-9/h1-4,7,9H,8H2. The average molecular weight is 137 g/mol. The molecule has 1 aromatic carbocycles. The second kappa shape index (κ2) is 3.13. The lowest BCUT2D eigenvalue weighted by Gasteiger charge is -2.03. The smallest absolute Gasteiger partial charge is 0.504 e. The summed E-state index contributed by atoms with van der Waals surface area (Å²) in [6.07, 6.45) is 0. The van der Waals surface area contributed by atoms with Crippen molar-refractivity contribution in [2.24, 2.45) is 0 Å². The van der Waals surface area contributed by atoms with E-state index in [1.165, 1.54) is 0 Å². The Hall–Kier alpha value is -1.16. The van der Waals surface area contributed by atoms with Crippen molar-refractivity contribution >= 4 is 13.4 Å². The van der Waals surface area contributed by atoms with Crippen LogP contribution in [0.1, 0.15) is 0 Å². The fourth-order valence-corrected chi connectivity index (χ4v) is 0.682. The van der Waals surface area contributed by atoms with Gasteiger partial charge in [-0.25, -0.2) is 0 Å². The minimum Gasteiger partial charge on any atom is -0.537 e. The van der Waals surface area contributed by atoms with Crippen molar-refractivity contribution in [2.75, 3.05) is 5.73 Å². The average Bonchev–Trinajstić information content (AvgIpc) is 1.94. The van der Waals surface area contributed by atoms with Gasteiger partial charge < -0.3 is 15.4 Å². The monoisotopic (exact) mass is 137 g/mol. The fraction of sp³-hybridized carbons (Fsp3) is 0. The number of benzene rings is 1. The lowest BCUT2D eigenvalue weighted by atomic mass is 10.3. The zero-order valence-electron chi connectivity index (χ0n) is 5.45. The predicted molar refractivity (Wildman–Crippen MR) is 40.9 cm³/mol. The van der Waals surface area contributed by atoms with Crippen molar-refractivity contribution < 1.29 is 9.68 Å². The van der Waals surface area contributed by atoms with Gasteiger partial charge in [-0.05, 0) is 12.1 Å². The van der Waals surface area contributed by atoms with Gasteiger partial charge in [-0.2, -0.15) is 0 Å². The number of hydrogen-bond acceptors (Lipinski definition) is 3. The van der Waals surface area contributed by atoms with E-state index in [1.54, 1.807) is 24.3 Å². The lowest BCUT2D eigenvalue weighted by molar-refractivity contribution is 0.455. The highest BCUT2D eigenvalue weighted by atomic mass is 16.5. The Bertz CT molecular complexity index is 217. The van der Waals surface area contributed by atoms with Crippen LogP contribution in [0.5, 0.6) is 5.75 Å². The third-order valence-electron chi connectivity index (χ3n) is 1.14. The van der Waals surface area contributed by atoms with E-state index in [9.17, 15) is 0 Å². The van der Waals surface area contributed by atoms with Crippen molar-refractivity contribution in [2.45, 2.75) is 0 Å². The number of rotatable bonds is 2. The van der Waals surface area contributed by atoms with E-state index in [-0.39, 0.29) is 7.69 Å². The van der Waals surface area contributed by atoms with E-state index in [4.69, 9.17) is 15.4 Å². The van der Waals surface area contributed by atoms with Gasteiger partial charge in [0.15, 0.2) is 0 Å². The third kappa shape index (κ3) is 1.42. The van der Waals surface area contributed by atoms with E-state index in [0.29, 0.717) is 11.4 Å². The summed E-state index contributed by atoms with van der Waals surface area (Å²) in [4.78, 5) is 0. The van der Waals surface area contributed by atoms with Crippen LogP contribution in [0.25, 0.3) is 0 Å². The van der Waals surface area contributed by atoms with Gasteiger partial charge in [0.2, 0.25) is 0 Å². The molecule has 3 nitrogen and oxygen atoms in total. The predicted octanol–water partition coefficient (Wildman–Crippen LogP) is -0.0936. The maximum Gasteiger partial charge on any atom is 0.504 e. The Morgan fingerprint density at radius 3 is 2.70 bits per heavy atom. The molecule has 0 spiro atoms. The lowest BCUT2D eigenvalue weighted by Crippen LogP contribution is -2.01. The largest absolute Gasteiger partial charge is 0.537 e. The van der Waals surface area contributed by atoms with Gasteiger partial charge in [0, 0.05) is 0 Å². The maximum atomic E-state index is 8.37. The van der Waals surface area contributed by atoms with Crippen molar-refractivity contribution in [3.63, 3.8) is 0 Å². The number of nitrogens with two attached hydrogens (primary N) is 1. The number of nitrogen functional groups attached to an aromatic ring is 1. The Balaban J connectivity index is 2.81. The highest BCUT2D eigenvalue weighted by Crippen LogP contribution is 2.18. The van der Waals surface area contributed by atoms with Crippen LogP contribution in [-0.2, 0) is 0 Å². The van der Waals surface area contributed by atoms with Gasteiger partial charge in [0.05, 0.1) is 5.69 Å². The molecule has 0 heterocycles. The first-order chi connectivity index (χ1) is 4.84. The van der Waals surface area contributed by atoms with Crippen LogP contribution < -0.4 is 10.4 Å². The highest BCUT2D eigenvalue weighted by Gasteiger charge is 1.95. The van der Waals surface area contributed by atoms with Gasteiger partial charge >= 0.3 is 7.69 Å². The quantitative estimate of drug-likeness (QED) is 0.442. The molecule has 10 heavy (non-hydrogen) atoms. The normalized spacial score (nSPS) is 8.90. The van der Waals surface area contributed by atoms with Crippen LogP contribution in [-0.4, -0.2) is 12.7 Å². The molecule has 1 aromatic rings. The van der Waals surface area contributed by atoms with Gasteiger partial charge in [0.1, 0.15) is 5.75 Å². The van der Waals surface area contributed by atoms with E-state index in [1.807, 2.05) is 0 Å². The summed E-state index contributed by atoms with van der Waals surface area (Å²) in [6, 6.07) is 7.01. The molecule has 0 bridgehead atoms. The second-order valence-corrected chi connectivity index (χ2v) is 1.81. The van der Waals surface area contributed by atoms with Gasteiger partial charge in [0.25, 0.3) is 0 Å². The summed E-state index contributed by atoms with van der Waals surface area (Å²) < 4.78 is 4.77. The summed E-state index contributed by atoms with van der Waals surface area (Å²) in [6.45, 7) is 0. The van der Waals surface area contributed by atoms with Crippen molar-refractivity contribution in [1.82, 2.24) is 0 Å². The molecule has 0 amide bonds. The first-order valence-electron chi connectivity index (χ1n) is 2.93. The first kappa shape index (κ1) is 6.96. The van der Waals surface area contributed by atoms with E-state index < -0.39 is 0 Å². The topological polar surface area (TPSA) is 55.5 Å². The number of para-hydroxylation sites is 2. The molecule has 0 atom stereocenters. The van der Waals surface area contributed by atoms with Crippen molar-refractivity contribution in [3.05, 3.63) is 24.3 Å². The minimum absolute atomic E-state index is 0.339. The minimum atomic E-state index is -0.339.